The number of hydrogen-bond donors (Lipinski definition) is 0. The summed E-state index contributed by atoms with van der Waals surface area (Å²) in [5.41, 5.74) is 0. The molecule has 0 bridgehead atoms. The zero-order valence-corrected chi connectivity index (χ0v) is 48.8. The average molecular weight is 1040 g/mol. The van der Waals surface area contributed by atoms with Gasteiger partial charge < -0.3 is 14.2 Å². The first-order valence-electron chi connectivity index (χ1n) is 31.0. The van der Waals surface area contributed by atoms with Crippen molar-refractivity contribution in [2.24, 2.45) is 0 Å². The molecule has 0 aromatic carbocycles. The topological polar surface area (TPSA) is 78.9 Å². The van der Waals surface area contributed by atoms with Crippen LogP contribution in [-0.2, 0) is 28.6 Å². The van der Waals surface area contributed by atoms with Crippen LogP contribution in [0.4, 0.5) is 0 Å². The molecule has 0 radical (unpaired) electrons. The van der Waals surface area contributed by atoms with E-state index in [0.717, 1.165) is 103 Å². The van der Waals surface area contributed by atoms with Gasteiger partial charge in [0.15, 0.2) is 6.10 Å². The number of unbranched alkanes of at least 4 members (excludes halogenated alkanes) is 24. The molecule has 0 aliphatic carbocycles. The zero-order chi connectivity index (χ0) is 54.3. The maximum atomic E-state index is 12.9. The average Bonchev–Trinajstić information content (AvgIpc) is 3.41. The number of carbonyl (C=O) groups is 3. The second kappa shape index (κ2) is 62.4. The smallest absolute Gasteiger partial charge is 0.306 e. The summed E-state index contributed by atoms with van der Waals surface area (Å²) < 4.78 is 16.8. The number of ether oxygens (including phenoxy) is 3. The van der Waals surface area contributed by atoms with Gasteiger partial charge in [0.1, 0.15) is 13.2 Å². The molecule has 75 heavy (non-hydrogen) atoms. The third-order valence-electron chi connectivity index (χ3n) is 13.0. The van der Waals surface area contributed by atoms with Crippen molar-refractivity contribution in [1.29, 1.82) is 0 Å². The minimum atomic E-state index is -0.821. The van der Waals surface area contributed by atoms with E-state index in [2.05, 4.69) is 136 Å². The van der Waals surface area contributed by atoms with Crippen molar-refractivity contribution in [3.63, 3.8) is 0 Å². The first-order valence-corrected chi connectivity index (χ1v) is 31.0. The van der Waals surface area contributed by atoms with Crippen molar-refractivity contribution in [2.75, 3.05) is 13.2 Å². The number of esters is 3. The van der Waals surface area contributed by atoms with Crippen LogP contribution in [0.25, 0.3) is 0 Å². The van der Waals surface area contributed by atoms with E-state index in [1.54, 1.807) is 0 Å². The van der Waals surface area contributed by atoms with E-state index < -0.39 is 12.1 Å². The molecule has 0 N–H and O–H groups in total. The Bertz CT molecular complexity index is 1570. The largest absolute Gasteiger partial charge is 0.462 e. The molecule has 6 heteroatoms. The highest BCUT2D eigenvalue weighted by Gasteiger charge is 2.19. The van der Waals surface area contributed by atoms with Crippen LogP contribution in [0.3, 0.4) is 0 Å². The maximum Gasteiger partial charge on any atom is 0.306 e. The van der Waals surface area contributed by atoms with Gasteiger partial charge in [-0.15, -0.1) is 0 Å². The van der Waals surface area contributed by atoms with Crippen molar-refractivity contribution in [1.82, 2.24) is 0 Å². The van der Waals surface area contributed by atoms with E-state index in [4.69, 9.17) is 14.2 Å². The molecule has 426 valence electrons. The van der Waals surface area contributed by atoms with E-state index in [1.807, 2.05) is 6.08 Å². The molecule has 0 amide bonds. The highest BCUT2D eigenvalue weighted by molar-refractivity contribution is 5.71. The molecule has 6 nitrogen and oxygen atoms in total. The van der Waals surface area contributed by atoms with Gasteiger partial charge in [-0.05, 0) is 96.3 Å². The summed E-state index contributed by atoms with van der Waals surface area (Å²) in [6, 6.07) is 0. The molecule has 0 rings (SSSR count). The van der Waals surface area contributed by atoms with Gasteiger partial charge in [-0.2, -0.15) is 0 Å². The van der Waals surface area contributed by atoms with Crippen LogP contribution >= 0.6 is 0 Å². The Labute approximate surface area is 462 Å². The van der Waals surface area contributed by atoms with Gasteiger partial charge in [-0.3, -0.25) is 14.4 Å². The molecular weight excluding hydrogens is 925 g/mol. The molecule has 0 saturated carbocycles. The quantitative estimate of drug-likeness (QED) is 0.0261. The highest BCUT2D eigenvalue weighted by atomic mass is 16.6. The van der Waals surface area contributed by atoms with Crippen LogP contribution in [0.5, 0.6) is 0 Å². The molecule has 0 aromatic rings. The van der Waals surface area contributed by atoms with Crippen molar-refractivity contribution >= 4 is 17.9 Å². The summed E-state index contributed by atoms with van der Waals surface area (Å²) in [5, 5.41) is 0. The lowest BCUT2D eigenvalue weighted by Gasteiger charge is -2.18. The molecule has 0 spiro atoms. The van der Waals surface area contributed by atoms with Crippen molar-refractivity contribution in [3.8, 4) is 0 Å². The standard InChI is InChI=1S/C69H114O6/c1-4-7-10-13-16-19-22-25-27-29-31-32-33-34-35-36-38-39-41-44-47-50-53-56-59-62-68(71)74-65-66(64-73-67(70)61-58-55-52-49-46-43-24-21-18-15-12-9-6-3)75-69(72)63-60-57-54-51-48-45-42-40-37-30-28-26-23-20-17-14-11-8-5-2/h7-8,10-11,16-17,19-20,25-28,31-32,37,40,45,48,54,57,66H,4-6,9,12-15,18,21-24,29-30,33-36,38-39,41-44,46-47,49-53,55-56,58-65H2,1-3H3/b10-7-,11-8-,19-16-,20-17-,27-25-,28-26-,32-31-,40-37-,48-45-,57-54-. The molecule has 1 atom stereocenters. The Balaban J connectivity index is 4.41. The van der Waals surface area contributed by atoms with Gasteiger partial charge in [-0.1, -0.05) is 284 Å². The lowest BCUT2D eigenvalue weighted by Crippen LogP contribution is -2.30. The Kier molecular flexibility index (Phi) is 58.9. The predicted molar refractivity (Wildman–Crippen MR) is 325 cm³/mol. The van der Waals surface area contributed by atoms with Crippen LogP contribution < -0.4 is 0 Å². The summed E-state index contributed by atoms with van der Waals surface area (Å²) in [6.45, 7) is 6.36. The van der Waals surface area contributed by atoms with Crippen molar-refractivity contribution in [2.45, 2.75) is 284 Å². The lowest BCUT2D eigenvalue weighted by atomic mass is 10.0. The molecule has 0 heterocycles. The first kappa shape index (κ1) is 70.8. The molecular formula is C69H114O6. The molecule has 0 saturated heterocycles. The summed E-state index contributed by atoms with van der Waals surface area (Å²) in [4.78, 5) is 38.2. The van der Waals surface area contributed by atoms with Crippen LogP contribution in [-0.4, -0.2) is 37.2 Å². The monoisotopic (exact) mass is 1040 g/mol. The van der Waals surface area contributed by atoms with Gasteiger partial charge in [-0.25, -0.2) is 0 Å². The Morgan fingerprint density at radius 2 is 0.547 bits per heavy atom. The normalized spacial score (nSPS) is 12.9. The lowest BCUT2D eigenvalue weighted by molar-refractivity contribution is -0.166. The molecule has 1 unspecified atom stereocenters. The van der Waals surface area contributed by atoms with Crippen LogP contribution in [0, 0.1) is 0 Å². The molecule has 0 aliphatic rings. The van der Waals surface area contributed by atoms with Gasteiger partial charge >= 0.3 is 17.9 Å². The third-order valence-corrected chi connectivity index (χ3v) is 13.0. The SMILES string of the molecule is CC/C=C\C/C=C\C/C=C\C/C=C\C/C=C\C/C=C\CCC(=O)OC(COC(=O)CCCCCCCCCCCCCCC)COC(=O)CCCCCCCCCCCCCC/C=C\C/C=C\C/C=C\C/C=C\CC. The van der Waals surface area contributed by atoms with Gasteiger partial charge in [0.2, 0.25) is 0 Å². The van der Waals surface area contributed by atoms with Crippen LogP contribution in [0.15, 0.2) is 122 Å². The Morgan fingerprint density at radius 1 is 0.280 bits per heavy atom. The molecule has 0 aliphatic heterocycles. The fourth-order valence-corrected chi connectivity index (χ4v) is 8.40. The predicted octanol–water partition coefficient (Wildman–Crippen LogP) is 21.2. The van der Waals surface area contributed by atoms with Gasteiger partial charge in [0.05, 0.1) is 0 Å². The van der Waals surface area contributed by atoms with Crippen LogP contribution in [0.1, 0.15) is 278 Å². The van der Waals surface area contributed by atoms with Crippen molar-refractivity contribution < 1.29 is 28.6 Å². The van der Waals surface area contributed by atoms with E-state index >= 15 is 0 Å². The van der Waals surface area contributed by atoms with Crippen LogP contribution in [0.2, 0.25) is 0 Å². The van der Waals surface area contributed by atoms with E-state index in [-0.39, 0.29) is 31.6 Å². The third kappa shape index (κ3) is 60.6. The Hall–Kier alpha value is -4.19. The summed E-state index contributed by atoms with van der Waals surface area (Å²) in [7, 11) is 0. The fraction of sp³-hybridized carbons (Fsp3) is 0.667. The first-order chi connectivity index (χ1) is 37.0. The summed E-state index contributed by atoms with van der Waals surface area (Å²) >= 11 is 0. The minimum absolute atomic E-state index is 0.108. The van der Waals surface area contributed by atoms with E-state index in [9.17, 15) is 14.4 Å². The van der Waals surface area contributed by atoms with Gasteiger partial charge in [0, 0.05) is 19.3 Å². The second-order valence-electron chi connectivity index (χ2n) is 20.2. The molecule has 0 fully saturated rings. The molecule has 0 aromatic heterocycles. The number of allylic oxidation sites excluding steroid dienone is 20. The van der Waals surface area contributed by atoms with E-state index in [1.165, 1.54) is 128 Å². The number of rotatable bonds is 55. The number of carbonyl (C=O) groups excluding carboxylic acids is 3. The fourth-order valence-electron chi connectivity index (χ4n) is 8.40. The highest BCUT2D eigenvalue weighted by Crippen LogP contribution is 2.16. The summed E-state index contributed by atoms with van der Waals surface area (Å²) in [6.07, 6.45) is 86.4. The van der Waals surface area contributed by atoms with E-state index in [0.29, 0.717) is 19.3 Å². The maximum absolute atomic E-state index is 12.9. The Morgan fingerprint density at radius 3 is 0.867 bits per heavy atom. The summed E-state index contributed by atoms with van der Waals surface area (Å²) in [5.74, 6) is -0.991. The second-order valence-corrected chi connectivity index (χ2v) is 20.2. The van der Waals surface area contributed by atoms with Crippen molar-refractivity contribution in [3.05, 3.63) is 122 Å². The minimum Gasteiger partial charge on any atom is -0.462 e. The number of hydrogen-bond acceptors (Lipinski definition) is 6. The zero-order valence-electron chi connectivity index (χ0n) is 48.8. The van der Waals surface area contributed by atoms with Gasteiger partial charge in [0.25, 0.3) is 0 Å².